The minimum atomic E-state index is -4.22. The molecule has 3 rings (SSSR count). The number of anilines is 1. The lowest BCUT2D eigenvalue weighted by Crippen LogP contribution is -2.34. The number of halogens is 1. The molecule has 1 fully saturated rings. The quantitative estimate of drug-likeness (QED) is 0.303. The van der Waals surface area contributed by atoms with Gasteiger partial charge in [-0.05, 0) is 66.7 Å². The van der Waals surface area contributed by atoms with E-state index in [1.165, 1.54) is 55.5 Å². The van der Waals surface area contributed by atoms with Crippen LogP contribution in [0.2, 0.25) is 5.02 Å². The lowest BCUT2D eigenvalue weighted by molar-refractivity contribution is -0.146. The Hall–Kier alpha value is -3.35. The maximum Gasteiger partial charge on any atom is 0.339 e. The molecule has 10 nitrogen and oxygen atoms in total. The lowest BCUT2D eigenvalue weighted by Gasteiger charge is -2.11. The van der Waals surface area contributed by atoms with Crippen molar-refractivity contribution >= 4 is 68.3 Å². The predicted octanol–water partition coefficient (Wildman–Crippen LogP) is 3.67. The number of hydrogen-bond donors (Lipinski definition) is 1. The highest BCUT2D eigenvalue weighted by Crippen LogP contribution is 2.34. The van der Waals surface area contributed by atoms with Crippen LogP contribution in [-0.4, -0.2) is 49.5 Å². The summed E-state index contributed by atoms with van der Waals surface area (Å²) in [6, 6.07) is 9.50. The van der Waals surface area contributed by atoms with Gasteiger partial charge >= 0.3 is 16.1 Å². The summed E-state index contributed by atoms with van der Waals surface area (Å²) in [6.07, 6.45) is 1.39. The first-order chi connectivity index (χ1) is 16.5. The Bertz CT molecular complexity index is 1320. The lowest BCUT2D eigenvalue weighted by atomic mass is 10.2. The standard InChI is InChI=1S/C22H19ClN2O8S2/c1-3-32-20(27)12-25-21(28)19(34-22(25)29)11-14-4-9-18(17(23)10-14)33-35(30,31)16-7-5-15(6-8-16)24-13(2)26/h4-11H,3,12H2,1-2H3,(H,24,26)/b19-11-. The highest BCUT2D eigenvalue weighted by Gasteiger charge is 2.36. The number of imide groups is 1. The van der Waals surface area contributed by atoms with E-state index in [-0.39, 0.29) is 33.1 Å². The normalized spacial score (nSPS) is 14.8. The van der Waals surface area contributed by atoms with Crippen molar-refractivity contribution in [3.05, 3.63) is 58.0 Å². The van der Waals surface area contributed by atoms with Crippen LogP contribution >= 0.6 is 23.4 Å². The molecule has 1 aliphatic heterocycles. The van der Waals surface area contributed by atoms with Crippen molar-refractivity contribution in [1.29, 1.82) is 0 Å². The van der Waals surface area contributed by atoms with E-state index in [9.17, 15) is 27.6 Å². The van der Waals surface area contributed by atoms with E-state index in [1.54, 1.807) is 6.92 Å². The van der Waals surface area contributed by atoms with Crippen molar-refractivity contribution in [3.63, 3.8) is 0 Å². The molecule has 1 heterocycles. The summed E-state index contributed by atoms with van der Waals surface area (Å²) in [7, 11) is -4.22. The van der Waals surface area contributed by atoms with Gasteiger partial charge in [0.15, 0.2) is 5.75 Å². The zero-order valence-electron chi connectivity index (χ0n) is 18.4. The molecule has 1 N–H and O–H groups in total. The number of hydrogen-bond acceptors (Lipinski definition) is 9. The summed E-state index contributed by atoms with van der Waals surface area (Å²) in [5.41, 5.74) is 0.826. The summed E-state index contributed by atoms with van der Waals surface area (Å²) >= 11 is 6.84. The molecular weight excluding hydrogens is 520 g/mol. The van der Waals surface area contributed by atoms with Crippen molar-refractivity contribution in [1.82, 2.24) is 4.90 Å². The fraction of sp³-hybridized carbons (Fsp3) is 0.182. The molecule has 0 unspecified atom stereocenters. The zero-order chi connectivity index (χ0) is 25.8. The van der Waals surface area contributed by atoms with Crippen LogP contribution in [0.5, 0.6) is 5.75 Å². The molecule has 13 heteroatoms. The van der Waals surface area contributed by atoms with Gasteiger partial charge in [-0.25, -0.2) is 0 Å². The SMILES string of the molecule is CCOC(=O)CN1C(=O)S/C(=C\c2ccc(OS(=O)(=O)c3ccc(NC(C)=O)cc3)c(Cl)c2)C1=O. The summed E-state index contributed by atoms with van der Waals surface area (Å²) in [6.45, 7) is 2.56. The molecule has 0 bridgehead atoms. The van der Waals surface area contributed by atoms with Gasteiger partial charge in [0.25, 0.3) is 11.1 Å². The fourth-order valence-electron chi connectivity index (χ4n) is 2.87. The molecule has 1 aliphatic rings. The van der Waals surface area contributed by atoms with Crippen LogP contribution in [0.4, 0.5) is 10.5 Å². The van der Waals surface area contributed by atoms with Gasteiger partial charge in [0.1, 0.15) is 11.4 Å². The molecule has 2 aromatic carbocycles. The Morgan fingerprint density at radius 2 is 1.83 bits per heavy atom. The number of nitrogens with zero attached hydrogens (tertiary/aromatic N) is 1. The Morgan fingerprint density at radius 1 is 1.14 bits per heavy atom. The third-order valence-electron chi connectivity index (χ3n) is 4.38. The second-order valence-corrected chi connectivity index (χ2v) is 9.95. The molecule has 2 aromatic rings. The largest absolute Gasteiger partial charge is 0.465 e. The summed E-state index contributed by atoms with van der Waals surface area (Å²) in [4.78, 5) is 48.0. The number of nitrogens with one attached hydrogen (secondary N) is 1. The van der Waals surface area contributed by atoms with Gasteiger partial charge in [-0.2, -0.15) is 8.42 Å². The van der Waals surface area contributed by atoms with Gasteiger partial charge in [0.05, 0.1) is 16.5 Å². The van der Waals surface area contributed by atoms with Gasteiger partial charge in [-0.1, -0.05) is 17.7 Å². The molecule has 0 radical (unpaired) electrons. The monoisotopic (exact) mass is 538 g/mol. The number of amides is 3. The van der Waals surface area contributed by atoms with Crippen molar-refractivity contribution in [3.8, 4) is 5.75 Å². The molecule has 0 saturated carbocycles. The molecule has 0 aliphatic carbocycles. The molecule has 0 atom stereocenters. The van der Waals surface area contributed by atoms with Crippen molar-refractivity contribution in [2.45, 2.75) is 18.7 Å². The second-order valence-electron chi connectivity index (χ2n) is 7.01. The third-order valence-corrected chi connectivity index (χ3v) is 6.83. The molecule has 184 valence electrons. The van der Waals surface area contributed by atoms with E-state index in [2.05, 4.69) is 5.32 Å². The number of carbonyl (C=O) groups excluding carboxylic acids is 4. The van der Waals surface area contributed by atoms with Crippen molar-refractivity contribution < 1.29 is 36.5 Å². The maximum absolute atomic E-state index is 12.6. The van der Waals surface area contributed by atoms with E-state index in [0.29, 0.717) is 23.0 Å². The van der Waals surface area contributed by atoms with Gasteiger partial charge in [-0.15, -0.1) is 0 Å². The minimum Gasteiger partial charge on any atom is -0.465 e. The highest BCUT2D eigenvalue weighted by atomic mass is 35.5. The first kappa shape index (κ1) is 26.3. The summed E-state index contributed by atoms with van der Waals surface area (Å²) < 4.78 is 35.1. The molecule has 0 aromatic heterocycles. The van der Waals surface area contributed by atoms with Crippen LogP contribution in [0, 0.1) is 0 Å². The van der Waals surface area contributed by atoms with Crippen LogP contribution in [0.3, 0.4) is 0 Å². The average molecular weight is 539 g/mol. The van der Waals surface area contributed by atoms with Gasteiger partial charge in [0.2, 0.25) is 5.91 Å². The van der Waals surface area contributed by atoms with E-state index < -0.39 is 33.8 Å². The van der Waals surface area contributed by atoms with Crippen LogP contribution in [0.25, 0.3) is 6.08 Å². The summed E-state index contributed by atoms with van der Waals surface area (Å²) in [5.74, 6) is -1.81. The third kappa shape index (κ3) is 6.62. The number of benzene rings is 2. The van der Waals surface area contributed by atoms with Gasteiger partial charge in [0, 0.05) is 12.6 Å². The van der Waals surface area contributed by atoms with E-state index >= 15 is 0 Å². The van der Waals surface area contributed by atoms with E-state index in [0.717, 1.165) is 4.90 Å². The molecule has 3 amide bonds. The van der Waals surface area contributed by atoms with Gasteiger partial charge in [-0.3, -0.25) is 24.1 Å². The molecule has 0 spiro atoms. The van der Waals surface area contributed by atoms with Gasteiger partial charge < -0.3 is 14.2 Å². The summed E-state index contributed by atoms with van der Waals surface area (Å²) in [5, 5.41) is 1.86. The van der Waals surface area contributed by atoms with Crippen molar-refractivity contribution in [2.24, 2.45) is 0 Å². The number of thioether (sulfide) groups is 1. The topological polar surface area (TPSA) is 136 Å². The van der Waals surface area contributed by atoms with E-state index in [1.807, 2.05) is 0 Å². The number of esters is 1. The molecule has 35 heavy (non-hydrogen) atoms. The highest BCUT2D eigenvalue weighted by molar-refractivity contribution is 8.18. The van der Waals surface area contributed by atoms with Crippen LogP contribution in [0.1, 0.15) is 19.4 Å². The number of rotatable bonds is 8. The zero-order valence-corrected chi connectivity index (χ0v) is 20.8. The Morgan fingerprint density at radius 3 is 2.43 bits per heavy atom. The Balaban J connectivity index is 1.74. The Labute approximate surface area is 210 Å². The van der Waals surface area contributed by atoms with Crippen LogP contribution in [0.15, 0.2) is 52.3 Å². The number of carbonyl (C=O) groups is 4. The second kappa shape index (κ2) is 10.9. The smallest absolute Gasteiger partial charge is 0.339 e. The fourth-order valence-corrected chi connectivity index (χ4v) is 4.93. The predicted molar refractivity (Wildman–Crippen MR) is 129 cm³/mol. The minimum absolute atomic E-state index is 0.0528. The van der Waals surface area contributed by atoms with Crippen LogP contribution < -0.4 is 9.50 Å². The molecule has 1 saturated heterocycles. The Kier molecular flexibility index (Phi) is 8.20. The average Bonchev–Trinajstić information content (AvgIpc) is 3.03. The molecular formula is C22H19ClN2O8S2. The van der Waals surface area contributed by atoms with E-state index in [4.69, 9.17) is 20.5 Å². The number of ether oxygens (including phenoxy) is 1. The van der Waals surface area contributed by atoms with Crippen molar-refractivity contribution in [2.75, 3.05) is 18.5 Å². The first-order valence-corrected chi connectivity index (χ1v) is 12.6. The first-order valence-electron chi connectivity index (χ1n) is 10.0. The van der Waals surface area contributed by atoms with Crippen LogP contribution in [-0.2, 0) is 29.2 Å². The maximum atomic E-state index is 12.6.